The van der Waals surface area contributed by atoms with Crippen LogP contribution >= 0.6 is 22.9 Å². The predicted octanol–water partition coefficient (Wildman–Crippen LogP) is 2.60. The van der Waals surface area contributed by atoms with Gasteiger partial charge in [-0.2, -0.15) is 11.3 Å². The van der Waals surface area contributed by atoms with Crippen LogP contribution in [0.5, 0.6) is 0 Å². The molecule has 1 N–H and O–H groups in total. The van der Waals surface area contributed by atoms with Gasteiger partial charge in [0.05, 0.1) is 4.90 Å². The van der Waals surface area contributed by atoms with E-state index in [0.29, 0.717) is 36.5 Å². The minimum absolute atomic E-state index is 0.0191. The van der Waals surface area contributed by atoms with Crippen molar-refractivity contribution in [3.63, 3.8) is 0 Å². The highest BCUT2D eigenvalue weighted by atomic mass is 35.5. The molecule has 144 valence electrons. The molecule has 1 aliphatic rings. The van der Waals surface area contributed by atoms with Crippen LogP contribution < -0.4 is 5.32 Å². The Morgan fingerprint density at radius 1 is 1.15 bits per heavy atom. The number of thiophene rings is 1. The molecule has 27 heavy (non-hydrogen) atoms. The summed E-state index contributed by atoms with van der Waals surface area (Å²) in [5, 5.41) is 7.03. The highest BCUT2D eigenvalue weighted by molar-refractivity contribution is 7.92. The van der Waals surface area contributed by atoms with Gasteiger partial charge in [-0.15, -0.1) is 0 Å². The molecule has 0 saturated carbocycles. The number of rotatable bonds is 5. The van der Waals surface area contributed by atoms with Crippen LogP contribution in [0.2, 0.25) is 5.02 Å². The van der Waals surface area contributed by atoms with Gasteiger partial charge in [-0.1, -0.05) is 11.6 Å². The molecular formula is C18H19ClN2O4S2. The van der Waals surface area contributed by atoms with Crippen molar-refractivity contribution in [3.05, 3.63) is 51.7 Å². The standard InChI is InChI=1S/C18H19ClN2O4S2/c19-14-1-3-16(4-2-14)27(24,25)12-17(22)21-8-5-15(6-9-21)20-18(23)13-7-10-26-11-13/h1-4,7,10-11,15H,5-6,8-9,12H2,(H,20,23). The number of nitrogens with zero attached hydrogens (tertiary/aromatic N) is 1. The highest BCUT2D eigenvalue weighted by Gasteiger charge is 2.28. The van der Waals surface area contributed by atoms with Gasteiger partial charge >= 0.3 is 0 Å². The lowest BCUT2D eigenvalue weighted by atomic mass is 10.0. The summed E-state index contributed by atoms with van der Waals surface area (Å²) >= 11 is 7.23. The number of nitrogens with one attached hydrogen (secondary N) is 1. The first kappa shape index (κ1) is 19.9. The zero-order chi connectivity index (χ0) is 19.4. The maximum absolute atomic E-state index is 12.4. The molecule has 3 rings (SSSR count). The zero-order valence-corrected chi connectivity index (χ0v) is 16.8. The normalized spacial score (nSPS) is 15.5. The van der Waals surface area contributed by atoms with Crippen molar-refractivity contribution in [1.29, 1.82) is 0 Å². The van der Waals surface area contributed by atoms with Gasteiger partial charge in [0.25, 0.3) is 5.91 Å². The molecule has 1 fully saturated rings. The summed E-state index contributed by atoms with van der Waals surface area (Å²) in [4.78, 5) is 26.1. The van der Waals surface area contributed by atoms with Crippen molar-refractivity contribution in [2.24, 2.45) is 0 Å². The summed E-state index contributed by atoms with van der Waals surface area (Å²) in [6, 6.07) is 7.52. The third-order valence-electron chi connectivity index (χ3n) is 4.45. The monoisotopic (exact) mass is 426 g/mol. The number of likely N-dealkylation sites (tertiary alicyclic amines) is 1. The van der Waals surface area contributed by atoms with E-state index in [9.17, 15) is 18.0 Å². The van der Waals surface area contributed by atoms with Crippen LogP contribution in [0.3, 0.4) is 0 Å². The minimum atomic E-state index is -3.71. The molecule has 0 spiro atoms. The van der Waals surface area contributed by atoms with Gasteiger partial charge in [-0.25, -0.2) is 8.42 Å². The quantitative estimate of drug-likeness (QED) is 0.796. The Morgan fingerprint density at radius 2 is 1.81 bits per heavy atom. The van der Waals surface area contributed by atoms with Gasteiger partial charge in [-0.05, 0) is 48.6 Å². The molecule has 1 saturated heterocycles. The Balaban J connectivity index is 1.52. The average molecular weight is 427 g/mol. The van der Waals surface area contributed by atoms with Crippen LogP contribution in [0.4, 0.5) is 0 Å². The Morgan fingerprint density at radius 3 is 2.41 bits per heavy atom. The SMILES string of the molecule is O=C(NC1CCN(C(=O)CS(=O)(=O)c2ccc(Cl)cc2)CC1)c1ccsc1. The molecule has 1 aliphatic heterocycles. The summed E-state index contributed by atoms with van der Waals surface area (Å²) in [6.45, 7) is 0.840. The molecule has 9 heteroatoms. The largest absolute Gasteiger partial charge is 0.349 e. The molecular weight excluding hydrogens is 408 g/mol. The molecule has 2 amide bonds. The summed E-state index contributed by atoms with van der Waals surface area (Å²) < 4.78 is 24.8. The molecule has 0 radical (unpaired) electrons. The molecule has 0 atom stereocenters. The number of amides is 2. The summed E-state index contributed by atoms with van der Waals surface area (Å²) in [5.41, 5.74) is 0.632. The van der Waals surface area contributed by atoms with E-state index in [1.54, 1.807) is 16.3 Å². The number of carbonyl (C=O) groups is 2. The first-order chi connectivity index (χ1) is 12.8. The maximum atomic E-state index is 12.4. The Labute approximate surface area is 167 Å². The van der Waals surface area contributed by atoms with Gasteiger partial charge in [0.2, 0.25) is 5.91 Å². The lowest BCUT2D eigenvalue weighted by Gasteiger charge is -2.32. The maximum Gasteiger partial charge on any atom is 0.252 e. The van der Waals surface area contributed by atoms with Crippen molar-refractivity contribution < 1.29 is 18.0 Å². The molecule has 1 aromatic heterocycles. The highest BCUT2D eigenvalue weighted by Crippen LogP contribution is 2.18. The average Bonchev–Trinajstić information content (AvgIpc) is 3.17. The smallest absolute Gasteiger partial charge is 0.252 e. The van der Waals surface area contributed by atoms with E-state index in [1.807, 2.05) is 5.38 Å². The van der Waals surface area contributed by atoms with Crippen LogP contribution in [-0.4, -0.2) is 50.0 Å². The van der Waals surface area contributed by atoms with E-state index in [1.165, 1.54) is 35.6 Å². The molecule has 1 aromatic carbocycles. The predicted molar refractivity (Wildman–Crippen MR) is 105 cm³/mol. The number of sulfone groups is 1. The summed E-state index contributed by atoms with van der Waals surface area (Å²) in [7, 11) is -3.71. The van der Waals surface area contributed by atoms with Gasteiger partial charge in [0, 0.05) is 35.1 Å². The fraction of sp³-hybridized carbons (Fsp3) is 0.333. The van der Waals surface area contributed by atoms with Crippen molar-refractivity contribution in [1.82, 2.24) is 10.2 Å². The Bertz CT molecular complexity index is 903. The lowest BCUT2D eigenvalue weighted by Crippen LogP contribution is -2.47. The van der Waals surface area contributed by atoms with Crippen LogP contribution in [0.1, 0.15) is 23.2 Å². The second-order valence-corrected chi connectivity index (χ2v) is 9.56. The number of hydrogen-bond donors (Lipinski definition) is 1. The second kappa shape index (κ2) is 8.41. The van der Waals surface area contributed by atoms with E-state index in [-0.39, 0.29) is 16.8 Å². The second-order valence-electron chi connectivity index (χ2n) is 6.35. The van der Waals surface area contributed by atoms with Crippen molar-refractivity contribution >= 4 is 44.6 Å². The Kier molecular flexibility index (Phi) is 6.18. The third-order valence-corrected chi connectivity index (χ3v) is 7.01. The van der Waals surface area contributed by atoms with Gasteiger partial charge in [0.1, 0.15) is 5.75 Å². The van der Waals surface area contributed by atoms with E-state index >= 15 is 0 Å². The third kappa shape index (κ3) is 5.09. The molecule has 0 bridgehead atoms. The number of piperidine rings is 1. The molecule has 2 heterocycles. The van der Waals surface area contributed by atoms with Crippen molar-refractivity contribution in [2.45, 2.75) is 23.8 Å². The van der Waals surface area contributed by atoms with Crippen LogP contribution in [0.25, 0.3) is 0 Å². The number of halogens is 1. The van der Waals surface area contributed by atoms with Gasteiger partial charge in [0.15, 0.2) is 9.84 Å². The molecule has 6 nitrogen and oxygen atoms in total. The van der Waals surface area contributed by atoms with Crippen LogP contribution in [0.15, 0.2) is 46.0 Å². The van der Waals surface area contributed by atoms with Crippen LogP contribution in [-0.2, 0) is 14.6 Å². The van der Waals surface area contributed by atoms with E-state index in [2.05, 4.69) is 5.32 Å². The number of benzene rings is 1. The topological polar surface area (TPSA) is 83.6 Å². The summed E-state index contributed by atoms with van der Waals surface area (Å²) in [6.07, 6.45) is 1.20. The molecule has 2 aromatic rings. The first-order valence-electron chi connectivity index (χ1n) is 8.44. The number of carbonyl (C=O) groups excluding carboxylic acids is 2. The Hall–Kier alpha value is -1.90. The van der Waals surface area contributed by atoms with Crippen LogP contribution in [0, 0.1) is 0 Å². The minimum Gasteiger partial charge on any atom is -0.349 e. The molecule has 0 unspecified atom stereocenters. The van der Waals surface area contributed by atoms with Crippen molar-refractivity contribution in [3.8, 4) is 0 Å². The van der Waals surface area contributed by atoms with Gasteiger partial charge < -0.3 is 10.2 Å². The van der Waals surface area contributed by atoms with E-state index in [0.717, 1.165) is 0 Å². The van der Waals surface area contributed by atoms with E-state index < -0.39 is 21.5 Å². The van der Waals surface area contributed by atoms with Crippen molar-refractivity contribution in [2.75, 3.05) is 18.8 Å². The zero-order valence-electron chi connectivity index (χ0n) is 14.4. The van der Waals surface area contributed by atoms with E-state index in [4.69, 9.17) is 11.6 Å². The fourth-order valence-corrected chi connectivity index (χ4v) is 4.90. The fourth-order valence-electron chi connectivity index (χ4n) is 2.91. The molecule has 0 aliphatic carbocycles. The lowest BCUT2D eigenvalue weighted by molar-refractivity contribution is -0.129. The van der Waals surface area contributed by atoms with Gasteiger partial charge in [-0.3, -0.25) is 9.59 Å². The summed E-state index contributed by atoms with van der Waals surface area (Å²) in [5.74, 6) is -1.11. The first-order valence-corrected chi connectivity index (χ1v) is 11.4. The number of hydrogen-bond acceptors (Lipinski definition) is 5.